The van der Waals surface area contributed by atoms with Crippen molar-refractivity contribution in [1.29, 1.82) is 0 Å². The minimum atomic E-state index is -0.326. The summed E-state index contributed by atoms with van der Waals surface area (Å²) in [6, 6.07) is 5.83. The van der Waals surface area contributed by atoms with E-state index < -0.39 is 0 Å². The number of nitrogens with one attached hydrogen (secondary N) is 1. The molecule has 26 heavy (non-hydrogen) atoms. The van der Waals surface area contributed by atoms with Gasteiger partial charge in [-0.05, 0) is 60.7 Å². The van der Waals surface area contributed by atoms with E-state index in [9.17, 15) is 9.59 Å². The summed E-state index contributed by atoms with van der Waals surface area (Å²) in [4.78, 5) is 23.4. The molecule has 1 aromatic rings. The molecule has 1 heterocycles. The van der Waals surface area contributed by atoms with Crippen molar-refractivity contribution in [2.45, 2.75) is 58.3 Å². The van der Waals surface area contributed by atoms with E-state index in [2.05, 4.69) is 5.32 Å². The standard InChI is InChI=1S/C21H27NO3S/c1-15-17(14-19-20(23)22-21(24)26-19)11-7-12-18(15)25-13-6-5-10-16-8-3-2-4-9-16/h7,11-12,14,16H,2-6,8-10,13H2,1H3,(H,22,23,24)/b19-14-. The van der Waals surface area contributed by atoms with Crippen molar-refractivity contribution >= 4 is 29.0 Å². The van der Waals surface area contributed by atoms with E-state index in [1.54, 1.807) is 6.08 Å². The van der Waals surface area contributed by atoms with Crippen LogP contribution in [0.1, 0.15) is 62.5 Å². The van der Waals surface area contributed by atoms with Crippen LogP contribution in [0.4, 0.5) is 4.79 Å². The van der Waals surface area contributed by atoms with Crippen molar-refractivity contribution in [3.63, 3.8) is 0 Å². The van der Waals surface area contributed by atoms with Crippen molar-refractivity contribution in [3.05, 3.63) is 34.2 Å². The van der Waals surface area contributed by atoms with Gasteiger partial charge in [-0.2, -0.15) is 0 Å². The summed E-state index contributed by atoms with van der Waals surface area (Å²) in [5.41, 5.74) is 1.91. The van der Waals surface area contributed by atoms with Gasteiger partial charge in [0, 0.05) is 0 Å². The zero-order valence-corrected chi connectivity index (χ0v) is 16.2. The van der Waals surface area contributed by atoms with Crippen LogP contribution < -0.4 is 10.1 Å². The van der Waals surface area contributed by atoms with Gasteiger partial charge in [0.2, 0.25) is 0 Å². The first kappa shape index (κ1) is 19.0. The maximum absolute atomic E-state index is 11.7. The minimum Gasteiger partial charge on any atom is -0.493 e. The molecule has 0 bridgehead atoms. The third kappa shape index (κ3) is 5.13. The van der Waals surface area contributed by atoms with Crippen LogP contribution >= 0.6 is 11.8 Å². The molecule has 1 aliphatic heterocycles. The number of amides is 2. The Morgan fingerprint density at radius 2 is 2.00 bits per heavy atom. The van der Waals surface area contributed by atoms with E-state index in [1.165, 1.54) is 44.9 Å². The SMILES string of the molecule is Cc1c(/C=C2\SC(=O)NC2=O)cccc1OCCCCC1CCCCC1. The number of benzene rings is 1. The fourth-order valence-electron chi connectivity index (χ4n) is 3.70. The van der Waals surface area contributed by atoms with E-state index in [1.807, 2.05) is 25.1 Å². The molecule has 0 atom stereocenters. The molecule has 0 radical (unpaired) electrons. The maximum atomic E-state index is 11.7. The normalized spacial score (nSPS) is 19.8. The second kappa shape index (κ2) is 9.26. The van der Waals surface area contributed by atoms with Crippen molar-refractivity contribution in [3.8, 4) is 5.75 Å². The smallest absolute Gasteiger partial charge is 0.290 e. The van der Waals surface area contributed by atoms with Gasteiger partial charge in [-0.3, -0.25) is 14.9 Å². The Kier molecular flexibility index (Phi) is 6.78. The van der Waals surface area contributed by atoms with Gasteiger partial charge >= 0.3 is 0 Å². The average Bonchev–Trinajstić information content (AvgIpc) is 2.95. The number of thioether (sulfide) groups is 1. The molecule has 1 saturated heterocycles. The van der Waals surface area contributed by atoms with Crippen molar-refractivity contribution in [2.75, 3.05) is 6.61 Å². The van der Waals surface area contributed by atoms with Crippen molar-refractivity contribution in [2.24, 2.45) is 5.92 Å². The lowest BCUT2D eigenvalue weighted by atomic mass is 9.86. The molecule has 3 rings (SSSR count). The van der Waals surface area contributed by atoms with Crippen LogP contribution in [-0.4, -0.2) is 17.8 Å². The highest BCUT2D eigenvalue weighted by molar-refractivity contribution is 8.18. The Bertz CT molecular complexity index is 692. The highest BCUT2D eigenvalue weighted by Crippen LogP contribution is 2.30. The lowest BCUT2D eigenvalue weighted by Gasteiger charge is -2.21. The molecule has 1 N–H and O–H groups in total. The number of hydrogen-bond donors (Lipinski definition) is 1. The van der Waals surface area contributed by atoms with Gasteiger partial charge in [0.15, 0.2) is 0 Å². The second-order valence-electron chi connectivity index (χ2n) is 7.17. The fraction of sp³-hybridized carbons (Fsp3) is 0.524. The molecule has 1 saturated carbocycles. The molecule has 5 heteroatoms. The zero-order valence-electron chi connectivity index (χ0n) is 15.4. The zero-order chi connectivity index (χ0) is 18.4. The van der Waals surface area contributed by atoms with Crippen LogP contribution in [0, 0.1) is 12.8 Å². The van der Waals surface area contributed by atoms with Gasteiger partial charge in [0.25, 0.3) is 11.1 Å². The van der Waals surface area contributed by atoms with Gasteiger partial charge in [0.05, 0.1) is 11.5 Å². The topological polar surface area (TPSA) is 55.4 Å². The van der Waals surface area contributed by atoms with Crippen LogP contribution in [-0.2, 0) is 4.79 Å². The summed E-state index contributed by atoms with van der Waals surface area (Å²) >= 11 is 0.942. The van der Waals surface area contributed by atoms with Crippen LogP contribution in [0.15, 0.2) is 23.1 Å². The predicted molar refractivity (Wildman–Crippen MR) is 106 cm³/mol. The van der Waals surface area contributed by atoms with Gasteiger partial charge in [-0.1, -0.05) is 50.7 Å². The van der Waals surface area contributed by atoms with Crippen LogP contribution in [0.2, 0.25) is 0 Å². The minimum absolute atomic E-state index is 0.315. The summed E-state index contributed by atoms with van der Waals surface area (Å²) in [6.45, 7) is 2.71. The number of carbonyl (C=O) groups excluding carboxylic acids is 2. The highest BCUT2D eigenvalue weighted by Gasteiger charge is 2.25. The largest absolute Gasteiger partial charge is 0.493 e. The summed E-state index contributed by atoms with van der Waals surface area (Å²) in [7, 11) is 0. The molecular weight excluding hydrogens is 346 g/mol. The summed E-state index contributed by atoms with van der Waals surface area (Å²) in [5.74, 6) is 1.46. The van der Waals surface area contributed by atoms with Crippen LogP contribution in [0.3, 0.4) is 0 Å². The molecule has 140 valence electrons. The lowest BCUT2D eigenvalue weighted by molar-refractivity contribution is -0.115. The number of unbranched alkanes of at least 4 members (excludes halogenated alkanes) is 1. The van der Waals surface area contributed by atoms with E-state index in [0.29, 0.717) is 4.91 Å². The Balaban J connectivity index is 1.50. The quantitative estimate of drug-likeness (QED) is 0.510. The monoisotopic (exact) mass is 373 g/mol. The van der Waals surface area contributed by atoms with Crippen molar-refractivity contribution < 1.29 is 14.3 Å². The maximum Gasteiger partial charge on any atom is 0.290 e. The van der Waals surface area contributed by atoms with E-state index >= 15 is 0 Å². The second-order valence-corrected chi connectivity index (χ2v) is 8.19. The summed E-state index contributed by atoms with van der Waals surface area (Å²) in [6.07, 6.45) is 12.4. The third-order valence-electron chi connectivity index (χ3n) is 5.24. The van der Waals surface area contributed by atoms with E-state index in [4.69, 9.17) is 4.74 Å². The van der Waals surface area contributed by atoms with E-state index in [-0.39, 0.29) is 11.1 Å². The summed E-state index contributed by atoms with van der Waals surface area (Å²) < 4.78 is 5.98. The molecule has 2 amide bonds. The van der Waals surface area contributed by atoms with Gasteiger partial charge in [-0.15, -0.1) is 0 Å². The first-order valence-corrected chi connectivity index (χ1v) is 10.4. The Morgan fingerprint density at radius 1 is 1.19 bits per heavy atom. The lowest BCUT2D eigenvalue weighted by Crippen LogP contribution is -2.17. The average molecular weight is 374 g/mol. The first-order valence-electron chi connectivity index (χ1n) is 9.61. The number of hydrogen-bond acceptors (Lipinski definition) is 4. The molecule has 0 aromatic heterocycles. The van der Waals surface area contributed by atoms with Crippen molar-refractivity contribution in [1.82, 2.24) is 5.32 Å². The van der Waals surface area contributed by atoms with Gasteiger partial charge in [0.1, 0.15) is 5.75 Å². The molecule has 0 spiro atoms. The van der Waals surface area contributed by atoms with Crippen LogP contribution in [0.25, 0.3) is 6.08 Å². The fourth-order valence-corrected chi connectivity index (χ4v) is 4.37. The summed E-state index contributed by atoms with van der Waals surface area (Å²) in [5, 5.41) is 1.97. The number of imide groups is 1. The number of carbonyl (C=O) groups is 2. The molecular formula is C21H27NO3S. The van der Waals surface area contributed by atoms with Gasteiger partial charge in [-0.25, -0.2) is 0 Å². The molecule has 1 aromatic carbocycles. The first-order chi connectivity index (χ1) is 12.6. The van der Waals surface area contributed by atoms with E-state index in [0.717, 1.165) is 47.6 Å². The van der Waals surface area contributed by atoms with Crippen LogP contribution in [0.5, 0.6) is 5.75 Å². The Labute approximate surface area is 159 Å². The highest BCUT2D eigenvalue weighted by atomic mass is 32.2. The Hall–Kier alpha value is -1.75. The number of rotatable bonds is 7. The third-order valence-corrected chi connectivity index (χ3v) is 6.05. The molecule has 0 unspecified atom stereocenters. The predicted octanol–water partition coefficient (Wildman–Crippen LogP) is 5.45. The van der Waals surface area contributed by atoms with Gasteiger partial charge < -0.3 is 4.74 Å². The number of ether oxygens (including phenoxy) is 1. The molecule has 2 aliphatic rings. The molecule has 2 fully saturated rings. The molecule has 4 nitrogen and oxygen atoms in total. The molecule has 1 aliphatic carbocycles. The Morgan fingerprint density at radius 3 is 2.73 bits per heavy atom.